The third-order valence-corrected chi connectivity index (χ3v) is 4.99. The highest BCUT2D eigenvalue weighted by Gasteiger charge is 2.22. The van der Waals surface area contributed by atoms with E-state index in [2.05, 4.69) is 25.8 Å². The molecule has 2 rings (SSSR count). The standard InChI is InChI=1S/C12H14N2O2S2/c1-12(2,3)7-5-4-6(17-7)9-8(10(15)16)14-11(13)18-9/h4-5H,1-3H3,(H2,13,14)(H,15,16). The van der Waals surface area contributed by atoms with E-state index in [0.717, 1.165) is 4.88 Å². The molecule has 2 heterocycles. The van der Waals surface area contributed by atoms with Gasteiger partial charge in [-0.15, -0.1) is 11.3 Å². The van der Waals surface area contributed by atoms with Gasteiger partial charge >= 0.3 is 5.97 Å². The quantitative estimate of drug-likeness (QED) is 0.884. The van der Waals surface area contributed by atoms with E-state index >= 15 is 0 Å². The lowest BCUT2D eigenvalue weighted by atomic mass is 9.95. The summed E-state index contributed by atoms with van der Waals surface area (Å²) in [5.41, 5.74) is 5.70. The van der Waals surface area contributed by atoms with Crippen LogP contribution in [0.4, 0.5) is 5.13 Å². The summed E-state index contributed by atoms with van der Waals surface area (Å²) >= 11 is 2.81. The van der Waals surface area contributed by atoms with Crippen LogP contribution in [0, 0.1) is 0 Å². The van der Waals surface area contributed by atoms with Gasteiger partial charge in [0.25, 0.3) is 0 Å². The van der Waals surface area contributed by atoms with E-state index in [-0.39, 0.29) is 16.2 Å². The second-order valence-electron chi connectivity index (χ2n) is 4.95. The summed E-state index contributed by atoms with van der Waals surface area (Å²) in [5.74, 6) is -1.04. The highest BCUT2D eigenvalue weighted by molar-refractivity contribution is 7.24. The Morgan fingerprint density at radius 2 is 2.00 bits per heavy atom. The van der Waals surface area contributed by atoms with Crippen molar-refractivity contribution in [3.8, 4) is 9.75 Å². The first-order valence-corrected chi connectivity index (χ1v) is 7.02. The van der Waals surface area contributed by atoms with Gasteiger partial charge < -0.3 is 10.8 Å². The molecule has 0 amide bonds. The fraction of sp³-hybridized carbons (Fsp3) is 0.333. The van der Waals surface area contributed by atoms with Gasteiger partial charge in [0.15, 0.2) is 10.8 Å². The number of hydrogen-bond donors (Lipinski definition) is 2. The third-order valence-electron chi connectivity index (χ3n) is 2.42. The van der Waals surface area contributed by atoms with Gasteiger partial charge in [-0.3, -0.25) is 0 Å². The Hall–Kier alpha value is -1.40. The Labute approximate surface area is 113 Å². The second kappa shape index (κ2) is 4.37. The third kappa shape index (κ3) is 2.39. The number of nitrogens with zero attached hydrogens (tertiary/aromatic N) is 1. The summed E-state index contributed by atoms with van der Waals surface area (Å²) in [6.45, 7) is 6.38. The molecule has 2 aromatic rings. The first kappa shape index (κ1) is 13.0. The van der Waals surface area contributed by atoms with Crippen molar-refractivity contribution in [2.45, 2.75) is 26.2 Å². The van der Waals surface area contributed by atoms with Crippen molar-refractivity contribution >= 4 is 33.8 Å². The molecule has 0 aliphatic rings. The molecule has 0 unspecified atom stereocenters. The summed E-state index contributed by atoms with van der Waals surface area (Å²) in [5, 5.41) is 9.39. The van der Waals surface area contributed by atoms with Crippen molar-refractivity contribution in [2.24, 2.45) is 0 Å². The fourth-order valence-corrected chi connectivity index (χ4v) is 3.51. The minimum Gasteiger partial charge on any atom is -0.476 e. The van der Waals surface area contributed by atoms with Crippen LogP contribution in [0.3, 0.4) is 0 Å². The maximum absolute atomic E-state index is 11.1. The summed E-state index contributed by atoms with van der Waals surface area (Å²) in [7, 11) is 0. The van der Waals surface area contributed by atoms with Crippen LogP contribution >= 0.6 is 22.7 Å². The van der Waals surface area contributed by atoms with Crippen LogP contribution in [-0.4, -0.2) is 16.1 Å². The lowest BCUT2D eigenvalue weighted by molar-refractivity contribution is 0.0692. The SMILES string of the molecule is CC(C)(C)c1ccc(-c2sc(N)nc2C(=O)O)s1. The highest BCUT2D eigenvalue weighted by atomic mass is 32.1. The van der Waals surface area contributed by atoms with Crippen molar-refractivity contribution < 1.29 is 9.90 Å². The minimum atomic E-state index is -1.04. The average Bonchev–Trinajstić information content (AvgIpc) is 2.81. The number of nitrogens with two attached hydrogens (primary N) is 1. The van der Waals surface area contributed by atoms with Crippen LogP contribution in [0.2, 0.25) is 0 Å². The number of carbonyl (C=O) groups is 1. The Balaban J connectivity index is 2.49. The van der Waals surface area contributed by atoms with E-state index in [1.807, 2.05) is 12.1 Å². The van der Waals surface area contributed by atoms with Gasteiger partial charge in [-0.2, -0.15) is 0 Å². The number of hydrogen-bond acceptors (Lipinski definition) is 5. The summed E-state index contributed by atoms with van der Waals surface area (Å²) in [6, 6.07) is 3.96. The van der Waals surface area contributed by atoms with Gasteiger partial charge in [0.05, 0.1) is 4.88 Å². The lowest BCUT2D eigenvalue weighted by Crippen LogP contribution is -2.07. The Morgan fingerprint density at radius 3 is 2.50 bits per heavy atom. The number of nitrogen functional groups attached to an aromatic ring is 1. The molecular formula is C12H14N2O2S2. The van der Waals surface area contributed by atoms with Crippen molar-refractivity contribution in [2.75, 3.05) is 5.73 Å². The monoisotopic (exact) mass is 282 g/mol. The van der Waals surface area contributed by atoms with Gasteiger partial charge in [0.2, 0.25) is 0 Å². The number of aromatic nitrogens is 1. The zero-order valence-electron chi connectivity index (χ0n) is 10.4. The van der Waals surface area contributed by atoms with Crippen molar-refractivity contribution in [3.05, 3.63) is 22.7 Å². The molecule has 0 spiro atoms. The minimum absolute atomic E-state index is 0.0415. The molecule has 0 saturated carbocycles. The topological polar surface area (TPSA) is 76.2 Å². The molecule has 4 nitrogen and oxygen atoms in total. The predicted octanol–water partition coefficient (Wildman–Crippen LogP) is 3.45. The van der Waals surface area contributed by atoms with Gasteiger partial charge in [-0.1, -0.05) is 32.1 Å². The van der Waals surface area contributed by atoms with E-state index in [9.17, 15) is 4.79 Å². The van der Waals surface area contributed by atoms with E-state index in [1.165, 1.54) is 16.2 Å². The fourth-order valence-electron chi connectivity index (χ4n) is 1.51. The number of carboxylic acids is 1. The predicted molar refractivity (Wildman–Crippen MR) is 75.5 cm³/mol. The molecule has 18 heavy (non-hydrogen) atoms. The smallest absolute Gasteiger partial charge is 0.356 e. The maximum Gasteiger partial charge on any atom is 0.356 e. The van der Waals surface area contributed by atoms with Crippen LogP contribution in [0.5, 0.6) is 0 Å². The number of anilines is 1. The molecule has 6 heteroatoms. The van der Waals surface area contributed by atoms with Gasteiger partial charge in [0.1, 0.15) is 0 Å². The summed E-state index contributed by atoms with van der Waals surface area (Å²) in [6.07, 6.45) is 0. The first-order valence-electron chi connectivity index (χ1n) is 5.39. The van der Waals surface area contributed by atoms with E-state index in [4.69, 9.17) is 10.8 Å². The number of aromatic carboxylic acids is 1. The number of carboxylic acid groups (broad SMARTS) is 1. The molecule has 0 bridgehead atoms. The van der Waals surface area contributed by atoms with Crippen molar-refractivity contribution in [3.63, 3.8) is 0 Å². The molecule has 3 N–H and O–H groups in total. The van der Waals surface area contributed by atoms with Crippen LogP contribution in [0.15, 0.2) is 12.1 Å². The van der Waals surface area contributed by atoms with Crippen LogP contribution in [0.1, 0.15) is 36.1 Å². The average molecular weight is 282 g/mol. The molecule has 0 aliphatic carbocycles. The van der Waals surface area contributed by atoms with E-state index < -0.39 is 5.97 Å². The summed E-state index contributed by atoms with van der Waals surface area (Å²) in [4.78, 5) is 17.7. The van der Waals surface area contributed by atoms with Crippen LogP contribution in [0.25, 0.3) is 9.75 Å². The number of rotatable bonds is 2. The first-order chi connectivity index (χ1) is 8.29. The maximum atomic E-state index is 11.1. The zero-order chi connectivity index (χ0) is 13.5. The van der Waals surface area contributed by atoms with E-state index in [0.29, 0.717) is 4.88 Å². The molecule has 2 aromatic heterocycles. The van der Waals surface area contributed by atoms with Crippen molar-refractivity contribution in [1.82, 2.24) is 4.98 Å². The summed E-state index contributed by atoms with van der Waals surface area (Å²) < 4.78 is 0. The largest absolute Gasteiger partial charge is 0.476 e. The van der Waals surface area contributed by atoms with Gasteiger partial charge in [-0.25, -0.2) is 9.78 Å². The van der Waals surface area contributed by atoms with Crippen molar-refractivity contribution in [1.29, 1.82) is 0 Å². The molecule has 0 aromatic carbocycles. The Morgan fingerprint density at radius 1 is 1.33 bits per heavy atom. The molecule has 0 radical (unpaired) electrons. The molecular weight excluding hydrogens is 268 g/mol. The number of thiazole rings is 1. The molecule has 0 saturated heterocycles. The van der Waals surface area contributed by atoms with Gasteiger partial charge in [-0.05, 0) is 17.5 Å². The second-order valence-corrected chi connectivity index (χ2v) is 7.06. The van der Waals surface area contributed by atoms with Crippen LogP contribution in [-0.2, 0) is 5.41 Å². The zero-order valence-corrected chi connectivity index (χ0v) is 12.0. The van der Waals surface area contributed by atoms with E-state index in [1.54, 1.807) is 11.3 Å². The highest BCUT2D eigenvalue weighted by Crippen LogP contribution is 2.39. The number of thiophene rings is 1. The molecule has 0 fully saturated rings. The Bertz CT molecular complexity index is 593. The normalized spacial score (nSPS) is 11.7. The lowest BCUT2D eigenvalue weighted by Gasteiger charge is -2.15. The molecule has 96 valence electrons. The van der Waals surface area contributed by atoms with Gasteiger partial charge in [0, 0.05) is 9.75 Å². The van der Waals surface area contributed by atoms with Crippen LogP contribution < -0.4 is 5.73 Å². The molecule has 0 atom stereocenters. The Kier molecular flexibility index (Phi) is 3.16. The molecule has 0 aliphatic heterocycles.